The summed E-state index contributed by atoms with van der Waals surface area (Å²) in [6.07, 6.45) is -7.64. The maximum absolute atomic E-state index is 14.9. The molecule has 0 spiro atoms. The lowest BCUT2D eigenvalue weighted by atomic mass is 9.83. The zero-order valence-corrected chi connectivity index (χ0v) is 15.9. The van der Waals surface area contributed by atoms with Crippen LogP contribution in [-0.4, -0.2) is 35.9 Å². The molecule has 12 heteroatoms. The summed E-state index contributed by atoms with van der Waals surface area (Å²) in [6.45, 7) is -0.221. The van der Waals surface area contributed by atoms with Gasteiger partial charge in [-0.25, -0.2) is 23.1 Å². The number of benzene rings is 1. The smallest absolute Gasteiger partial charge is 0.425 e. The van der Waals surface area contributed by atoms with E-state index in [1.165, 1.54) is 13.0 Å². The summed E-state index contributed by atoms with van der Waals surface area (Å²) in [7, 11) is 0. The maximum Gasteiger partial charge on any atom is 0.425 e. The first-order valence-corrected chi connectivity index (χ1v) is 8.83. The van der Waals surface area contributed by atoms with E-state index >= 15 is 0 Å². The molecule has 2 unspecified atom stereocenters. The number of alkyl halides is 4. The predicted octanol–water partition coefficient (Wildman–Crippen LogP) is 3.75. The number of anilines is 1. The van der Waals surface area contributed by atoms with E-state index in [9.17, 15) is 31.1 Å². The summed E-state index contributed by atoms with van der Waals surface area (Å²) in [5.41, 5.74) is 2.18. The number of nitrogens with two attached hydrogens (primary N) is 1. The van der Waals surface area contributed by atoms with Crippen molar-refractivity contribution in [1.29, 1.82) is 0 Å². The van der Waals surface area contributed by atoms with E-state index in [2.05, 4.69) is 20.0 Å². The average molecular weight is 446 g/mol. The van der Waals surface area contributed by atoms with Crippen molar-refractivity contribution in [3.63, 3.8) is 0 Å². The number of amides is 1. The van der Waals surface area contributed by atoms with Gasteiger partial charge in [0, 0.05) is 17.7 Å². The number of nitrogens with zero attached hydrogens (tertiary/aromatic N) is 2. The average Bonchev–Trinajstić information content (AvgIpc) is 2.69. The highest BCUT2D eigenvalue weighted by molar-refractivity contribution is 6.02. The van der Waals surface area contributed by atoms with E-state index in [1.54, 1.807) is 0 Å². The molecule has 1 aromatic carbocycles. The van der Waals surface area contributed by atoms with Crippen LogP contribution in [0.25, 0.3) is 0 Å². The summed E-state index contributed by atoms with van der Waals surface area (Å²) in [4.78, 5) is 19.6. The molecule has 0 radical (unpaired) electrons. The van der Waals surface area contributed by atoms with Crippen LogP contribution in [0.3, 0.4) is 0 Å². The maximum atomic E-state index is 14.9. The lowest BCUT2D eigenvalue weighted by Crippen LogP contribution is -2.48. The van der Waals surface area contributed by atoms with Crippen molar-refractivity contribution in [2.24, 2.45) is 10.7 Å². The Hall–Kier alpha value is -3.31. The van der Waals surface area contributed by atoms with E-state index in [-0.39, 0.29) is 16.9 Å². The van der Waals surface area contributed by atoms with Gasteiger partial charge in [-0.2, -0.15) is 13.2 Å². The number of aryl methyl sites for hydroxylation is 1. The molecule has 3 rings (SSSR count). The Labute approximate surface area is 172 Å². The minimum absolute atomic E-state index is 0.0540. The Bertz CT molecular complexity index is 1030. The number of hydrogen-bond donors (Lipinski definition) is 2. The molecule has 2 atom stereocenters. The van der Waals surface area contributed by atoms with Crippen molar-refractivity contribution in [2.75, 3.05) is 12.0 Å². The van der Waals surface area contributed by atoms with Gasteiger partial charge in [0.25, 0.3) is 11.9 Å². The minimum Gasteiger partial charge on any atom is -0.452 e. The first kappa shape index (κ1) is 22.4. The molecule has 0 saturated heterocycles. The highest BCUT2D eigenvalue weighted by atomic mass is 19.4. The Morgan fingerprint density at radius 1 is 1.32 bits per heavy atom. The number of rotatable bonds is 4. The van der Waals surface area contributed by atoms with Crippen LogP contribution in [0.4, 0.5) is 32.0 Å². The van der Waals surface area contributed by atoms with Crippen molar-refractivity contribution in [3.8, 4) is 0 Å². The number of pyridine rings is 1. The van der Waals surface area contributed by atoms with Crippen LogP contribution in [0.5, 0.6) is 0 Å². The number of aromatic nitrogens is 1. The number of nitrogens with one attached hydrogen (secondary N) is 1. The molecule has 2 aromatic rings. The van der Waals surface area contributed by atoms with E-state index in [4.69, 9.17) is 5.73 Å². The van der Waals surface area contributed by atoms with Crippen molar-refractivity contribution in [1.82, 2.24) is 4.98 Å². The molecule has 0 aliphatic carbocycles. The molecule has 2 heterocycles. The zero-order chi connectivity index (χ0) is 23.0. The van der Waals surface area contributed by atoms with Gasteiger partial charge in [0.1, 0.15) is 29.5 Å². The highest BCUT2D eigenvalue weighted by Gasteiger charge is 2.52. The second-order valence-corrected chi connectivity index (χ2v) is 6.94. The summed E-state index contributed by atoms with van der Waals surface area (Å²) in [6, 6.07) is 3.33. The van der Waals surface area contributed by atoms with E-state index in [0.717, 1.165) is 24.4 Å². The van der Waals surface area contributed by atoms with E-state index in [1.807, 2.05) is 0 Å². The minimum atomic E-state index is -4.90. The second kappa shape index (κ2) is 8.08. The van der Waals surface area contributed by atoms with Gasteiger partial charge in [-0.15, -0.1) is 0 Å². The van der Waals surface area contributed by atoms with Crippen molar-refractivity contribution >= 4 is 17.6 Å². The van der Waals surface area contributed by atoms with Gasteiger partial charge in [-0.1, -0.05) is 0 Å². The van der Waals surface area contributed by atoms with Gasteiger partial charge in [0.15, 0.2) is 6.10 Å². The first-order chi connectivity index (χ1) is 14.4. The Morgan fingerprint density at radius 2 is 2.03 bits per heavy atom. The summed E-state index contributed by atoms with van der Waals surface area (Å²) < 4.78 is 86.1. The van der Waals surface area contributed by atoms with Crippen LogP contribution in [0.15, 0.2) is 35.5 Å². The van der Waals surface area contributed by atoms with Crippen molar-refractivity contribution in [2.45, 2.75) is 31.2 Å². The number of amidine groups is 1. The predicted molar refractivity (Wildman–Crippen MR) is 98.1 cm³/mol. The fourth-order valence-electron chi connectivity index (χ4n) is 3.17. The Balaban J connectivity index is 2.02. The molecule has 3 N–H and O–H groups in total. The number of aliphatic imine (C=N–C) groups is 1. The molecule has 0 bridgehead atoms. The topological polar surface area (TPSA) is 89.6 Å². The second-order valence-electron chi connectivity index (χ2n) is 6.94. The fourth-order valence-corrected chi connectivity index (χ4v) is 3.17. The molecule has 166 valence electrons. The SMILES string of the molecule is Cc1cc(NC(=O)c2ccc(F)cn2)cc(C2(CF)CC(C(F)(F)F)OC(N)=N2)c1F. The van der Waals surface area contributed by atoms with Gasteiger partial charge in [-0.3, -0.25) is 4.79 Å². The Morgan fingerprint density at radius 3 is 2.61 bits per heavy atom. The van der Waals surface area contributed by atoms with Gasteiger partial charge < -0.3 is 15.8 Å². The van der Waals surface area contributed by atoms with Crippen LogP contribution in [-0.2, 0) is 10.3 Å². The standard InChI is InChI=1S/C19H16F6N4O2/c1-9-4-11(28-16(30)13-3-2-10(21)7-27-13)5-12(15(9)22)18(8-20)6-14(19(23,24)25)31-17(26)29-18/h2-5,7,14H,6,8H2,1H3,(H2,26,29)(H,28,30). The molecule has 0 fully saturated rings. The molecule has 31 heavy (non-hydrogen) atoms. The van der Waals surface area contributed by atoms with Gasteiger partial charge >= 0.3 is 6.18 Å². The quantitative estimate of drug-likeness (QED) is 0.701. The van der Waals surface area contributed by atoms with Gasteiger partial charge in [0.2, 0.25) is 0 Å². The van der Waals surface area contributed by atoms with Gasteiger partial charge in [-0.05, 0) is 36.8 Å². The Kier molecular flexibility index (Phi) is 5.83. The zero-order valence-electron chi connectivity index (χ0n) is 15.9. The van der Waals surface area contributed by atoms with E-state index < -0.39 is 60.0 Å². The first-order valence-electron chi connectivity index (χ1n) is 8.83. The third kappa shape index (κ3) is 4.57. The number of carbonyl (C=O) groups is 1. The van der Waals surface area contributed by atoms with E-state index in [0.29, 0.717) is 0 Å². The van der Waals surface area contributed by atoms with Crippen LogP contribution in [0.2, 0.25) is 0 Å². The number of hydrogen-bond acceptors (Lipinski definition) is 5. The molecule has 6 nitrogen and oxygen atoms in total. The van der Waals surface area contributed by atoms with Gasteiger partial charge in [0.05, 0.1) is 6.20 Å². The lowest BCUT2D eigenvalue weighted by molar-refractivity contribution is -0.209. The molecular formula is C19H16F6N4O2. The highest BCUT2D eigenvalue weighted by Crippen LogP contribution is 2.42. The van der Waals surface area contributed by atoms with Crippen LogP contribution >= 0.6 is 0 Å². The molecule has 1 aromatic heterocycles. The summed E-state index contributed by atoms with van der Waals surface area (Å²) in [5, 5.41) is 2.37. The molecular weight excluding hydrogens is 430 g/mol. The molecule has 1 amide bonds. The number of ether oxygens (including phenoxy) is 1. The molecule has 1 aliphatic heterocycles. The molecule has 0 saturated carbocycles. The number of carbonyl (C=O) groups excluding carboxylic acids is 1. The van der Waals surface area contributed by atoms with Crippen LogP contribution in [0.1, 0.15) is 28.0 Å². The normalized spacial score (nSPS) is 21.3. The van der Waals surface area contributed by atoms with Crippen LogP contribution < -0.4 is 11.1 Å². The summed E-state index contributed by atoms with van der Waals surface area (Å²) >= 11 is 0. The van der Waals surface area contributed by atoms with Crippen molar-refractivity contribution < 1.29 is 35.9 Å². The third-order valence-electron chi connectivity index (χ3n) is 4.67. The largest absolute Gasteiger partial charge is 0.452 e. The fraction of sp³-hybridized carbons (Fsp3) is 0.316. The summed E-state index contributed by atoms with van der Waals surface area (Å²) in [5.74, 6) is -2.47. The van der Waals surface area contributed by atoms with Crippen LogP contribution in [0, 0.1) is 18.6 Å². The monoisotopic (exact) mass is 446 g/mol. The number of halogens is 6. The molecule has 1 aliphatic rings. The van der Waals surface area contributed by atoms with Crippen molar-refractivity contribution in [3.05, 3.63) is 58.9 Å². The third-order valence-corrected chi connectivity index (χ3v) is 4.67. The lowest BCUT2D eigenvalue weighted by Gasteiger charge is -2.37.